The number of nitrogens with zero attached hydrogens (tertiary/aromatic N) is 4. The van der Waals surface area contributed by atoms with E-state index in [2.05, 4.69) is 20.5 Å². The Bertz CT molecular complexity index is 1400. The second-order valence-corrected chi connectivity index (χ2v) is 7.42. The number of fused-ring (bicyclic) bond motifs is 1. The zero-order valence-electron chi connectivity index (χ0n) is 17.9. The van der Waals surface area contributed by atoms with E-state index in [1.54, 1.807) is 11.6 Å². The summed E-state index contributed by atoms with van der Waals surface area (Å²) in [4.78, 5) is 31.5. The molecule has 0 aliphatic heterocycles. The zero-order chi connectivity index (χ0) is 22.5. The number of allylic oxidation sites excluding steroid dienone is 1. The lowest BCUT2D eigenvalue weighted by Gasteiger charge is -2.08. The van der Waals surface area contributed by atoms with Crippen LogP contribution in [0.15, 0.2) is 81.4 Å². The van der Waals surface area contributed by atoms with Crippen LogP contribution in [0.2, 0.25) is 0 Å². The molecule has 32 heavy (non-hydrogen) atoms. The topological polar surface area (TPSA) is 97.1 Å². The van der Waals surface area contributed by atoms with Crippen molar-refractivity contribution in [2.75, 3.05) is 5.43 Å². The molecule has 0 amide bonds. The average molecular weight is 428 g/mol. The lowest BCUT2D eigenvalue weighted by atomic mass is 10.1. The van der Waals surface area contributed by atoms with E-state index < -0.39 is 11.2 Å². The molecule has 0 radical (unpaired) electrons. The number of nitrogens with one attached hydrogen (secondary N) is 2. The van der Waals surface area contributed by atoms with Gasteiger partial charge in [0.15, 0.2) is 11.2 Å². The molecule has 8 heteroatoms. The number of anilines is 1. The molecule has 0 aliphatic carbocycles. The summed E-state index contributed by atoms with van der Waals surface area (Å²) in [6, 6.07) is 19.9. The Labute approximate surface area is 184 Å². The van der Waals surface area contributed by atoms with Crippen molar-refractivity contribution < 1.29 is 0 Å². The number of hydrogen-bond donors (Lipinski definition) is 2. The van der Waals surface area contributed by atoms with Gasteiger partial charge in [-0.15, -0.1) is 0 Å². The predicted molar refractivity (Wildman–Crippen MR) is 128 cm³/mol. The number of H-pyrrole nitrogens is 1. The summed E-state index contributed by atoms with van der Waals surface area (Å²) in [6.45, 7) is 2.37. The van der Waals surface area contributed by atoms with Gasteiger partial charge in [-0.2, -0.15) is 10.1 Å². The normalized spacial score (nSPS) is 12.0. The molecule has 4 aromatic rings. The third-order valence-electron chi connectivity index (χ3n) is 5.12. The summed E-state index contributed by atoms with van der Waals surface area (Å²) < 4.78 is 3.09. The summed E-state index contributed by atoms with van der Waals surface area (Å²) >= 11 is 0. The Hall–Kier alpha value is -4.20. The quantitative estimate of drug-likeness (QED) is 0.349. The first-order valence-corrected chi connectivity index (χ1v) is 10.3. The van der Waals surface area contributed by atoms with E-state index in [4.69, 9.17) is 0 Å². The number of benzene rings is 2. The molecule has 162 valence electrons. The maximum atomic E-state index is 12.6. The van der Waals surface area contributed by atoms with E-state index in [9.17, 15) is 9.59 Å². The van der Waals surface area contributed by atoms with E-state index in [1.807, 2.05) is 79.7 Å². The zero-order valence-corrected chi connectivity index (χ0v) is 17.9. The summed E-state index contributed by atoms with van der Waals surface area (Å²) in [5, 5.41) is 4.40. The molecule has 0 spiro atoms. The van der Waals surface area contributed by atoms with Crippen molar-refractivity contribution >= 4 is 28.9 Å². The van der Waals surface area contributed by atoms with Crippen LogP contribution < -0.4 is 16.7 Å². The predicted octanol–water partition coefficient (Wildman–Crippen LogP) is 3.17. The highest BCUT2D eigenvalue weighted by atomic mass is 16.2. The van der Waals surface area contributed by atoms with Crippen LogP contribution >= 0.6 is 0 Å². The molecular formula is C24H24N6O2. The fourth-order valence-electron chi connectivity index (χ4n) is 3.38. The monoisotopic (exact) mass is 428 g/mol. The maximum Gasteiger partial charge on any atom is 0.329 e. The van der Waals surface area contributed by atoms with Crippen molar-refractivity contribution in [2.24, 2.45) is 12.1 Å². The van der Waals surface area contributed by atoms with Crippen LogP contribution in [0.25, 0.3) is 17.2 Å². The van der Waals surface area contributed by atoms with Crippen LogP contribution in [0.3, 0.4) is 0 Å². The molecule has 2 N–H and O–H groups in total. The molecule has 0 aliphatic rings. The van der Waals surface area contributed by atoms with Gasteiger partial charge in [-0.25, -0.2) is 10.2 Å². The molecule has 0 saturated heterocycles. The second kappa shape index (κ2) is 9.30. The second-order valence-electron chi connectivity index (χ2n) is 7.42. The summed E-state index contributed by atoms with van der Waals surface area (Å²) in [5.74, 6) is 0.398. The van der Waals surface area contributed by atoms with Crippen LogP contribution in [-0.2, 0) is 20.0 Å². The van der Waals surface area contributed by atoms with Gasteiger partial charge in [0.1, 0.15) is 0 Å². The van der Waals surface area contributed by atoms with Gasteiger partial charge in [-0.3, -0.25) is 14.3 Å². The molecule has 2 aromatic carbocycles. The lowest BCUT2D eigenvalue weighted by Crippen LogP contribution is -2.29. The average Bonchev–Trinajstić information content (AvgIpc) is 3.19. The van der Waals surface area contributed by atoms with Crippen molar-refractivity contribution in [1.29, 1.82) is 0 Å². The highest BCUT2D eigenvalue weighted by Crippen LogP contribution is 2.17. The Morgan fingerprint density at radius 2 is 1.78 bits per heavy atom. The largest absolute Gasteiger partial charge is 0.329 e. The smallest absolute Gasteiger partial charge is 0.303 e. The van der Waals surface area contributed by atoms with Gasteiger partial charge in [-0.05, 0) is 30.5 Å². The Morgan fingerprint density at radius 1 is 1.09 bits per heavy atom. The van der Waals surface area contributed by atoms with Crippen molar-refractivity contribution in [3.05, 3.63) is 98.7 Å². The van der Waals surface area contributed by atoms with Crippen molar-refractivity contribution in [3.8, 4) is 0 Å². The molecule has 4 rings (SSSR count). The van der Waals surface area contributed by atoms with Gasteiger partial charge in [0.05, 0.1) is 5.71 Å². The standard InChI is InChI=1S/C24H24N6O2/c1-17(13-14-18-9-5-3-6-10-18)27-28-23-25-21-20(22(31)26-24(32)29(21)2)30(23)16-15-19-11-7-4-8-12-19/h3-14H,15-16H2,1-2H3,(H,25,28)(H,26,31,32)/b14-13+,27-17+. The molecule has 0 bridgehead atoms. The number of aromatic nitrogens is 4. The van der Waals surface area contributed by atoms with E-state index in [0.717, 1.165) is 16.8 Å². The number of imidazole rings is 1. The molecule has 8 nitrogen and oxygen atoms in total. The Balaban J connectivity index is 1.67. The number of aromatic amines is 1. The highest BCUT2D eigenvalue weighted by Gasteiger charge is 2.17. The Kier molecular flexibility index (Phi) is 6.12. The van der Waals surface area contributed by atoms with E-state index in [1.165, 1.54) is 4.57 Å². The summed E-state index contributed by atoms with van der Waals surface area (Å²) in [7, 11) is 1.58. The summed E-state index contributed by atoms with van der Waals surface area (Å²) in [5.41, 5.74) is 5.56. The fraction of sp³-hybridized carbons (Fsp3) is 0.167. The van der Waals surface area contributed by atoms with Crippen LogP contribution in [0.1, 0.15) is 18.1 Å². The Morgan fingerprint density at radius 3 is 2.50 bits per heavy atom. The van der Waals surface area contributed by atoms with Crippen LogP contribution in [-0.4, -0.2) is 24.8 Å². The van der Waals surface area contributed by atoms with Crippen LogP contribution in [0.4, 0.5) is 5.95 Å². The van der Waals surface area contributed by atoms with E-state index in [-0.39, 0.29) is 0 Å². The maximum absolute atomic E-state index is 12.6. The number of aryl methyl sites for hydroxylation is 3. The minimum atomic E-state index is -0.507. The first-order valence-electron chi connectivity index (χ1n) is 10.3. The third kappa shape index (κ3) is 4.59. The van der Waals surface area contributed by atoms with E-state index >= 15 is 0 Å². The van der Waals surface area contributed by atoms with Gasteiger partial charge in [-0.1, -0.05) is 66.7 Å². The fourth-order valence-corrected chi connectivity index (χ4v) is 3.38. The number of hydrazone groups is 1. The number of rotatable bonds is 7. The van der Waals surface area contributed by atoms with E-state index in [0.29, 0.717) is 30.1 Å². The first kappa shape index (κ1) is 21.0. The van der Waals surface area contributed by atoms with Gasteiger partial charge < -0.3 is 4.57 Å². The highest BCUT2D eigenvalue weighted by molar-refractivity contribution is 5.96. The van der Waals surface area contributed by atoms with Gasteiger partial charge in [0.25, 0.3) is 5.56 Å². The molecule has 0 unspecified atom stereocenters. The molecule has 2 aromatic heterocycles. The molecule has 0 saturated carbocycles. The molecule has 0 atom stereocenters. The van der Waals surface area contributed by atoms with Crippen molar-refractivity contribution in [3.63, 3.8) is 0 Å². The number of hydrogen-bond acceptors (Lipinski definition) is 5. The molecular weight excluding hydrogens is 404 g/mol. The first-order chi connectivity index (χ1) is 15.5. The van der Waals surface area contributed by atoms with Crippen LogP contribution in [0.5, 0.6) is 0 Å². The minimum Gasteiger partial charge on any atom is -0.303 e. The van der Waals surface area contributed by atoms with Crippen molar-refractivity contribution in [2.45, 2.75) is 19.9 Å². The SMILES string of the molecule is CC(/C=C/c1ccccc1)=N\Nc1nc2c(c(=O)[nH]c(=O)n2C)n1CCc1ccccc1. The van der Waals surface area contributed by atoms with Crippen LogP contribution in [0, 0.1) is 0 Å². The minimum absolute atomic E-state index is 0.307. The molecule has 2 heterocycles. The summed E-state index contributed by atoms with van der Waals surface area (Å²) in [6.07, 6.45) is 4.55. The molecule has 0 fully saturated rings. The third-order valence-corrected chi connectivity index (χ3v) is 5.12. The lowest BCUT2D eigenvalue weighted by molar-refractivity contribution is 0.716. The van der Waals surface area contributed by atoms with Crippen molar-refractivity contribution in [1.82, 2.24) is 19.1 Å². The van der Waals surface area contributed by atoms with Gasteiger partial charge in [0, 0.05) is 13.6 Å². The van der Waals surface area contributed by atoms with Gasteiger partial charge in [0.2, 0.25) is 5.95 Å². The van der Waals surface area contributed by atoms with Gasteiger partial charge >= 0.3 is 5.69 Å².